The number of anilines is 1. The number of fused-ring (bicyclic) bond motifs is 1. The number of carbonyl (C=O) groups is 1. The second kappa shape index (κ2) is 7.37. The van der Waals surface area contributed by atoms with Crippen LogP contribution in [0.15, 0.2) is 60.7 Å². The highest BCUT2D eigenvalue weighted by Crippen LogP contribution is 2.28. The van der Waals surface area contributed by atoms with Gasteiger partial charge in [0.2, 0.25) is 0 Å². The van der Waals surface area contributed by atoms with Gasteiger partial charge in [-0.25, -0.2) is 4.98 Å². The molecule has 0 atom stereocenters. The van der Waals surface area contributed by atoms with Gasteiger partial charge in [0.05, 0.1) is 23.2 Å². The number of hydrogen-bond acceptors (Lipinski definition) is 3. The monoisotopic (exact) mass is 391 g/mol. The van der Waals surface area contributed by atoms with Gasteiger partial charge in [-0.05, 0) is 48.9 Å². The van der Waals surface area contributed by atoms with Crippen molar-refractivity contribution in [1.82, 2.24) is 9.97 Å². The summed E-state index contributed by atoms with van der Waals surface area (Å²) >= 11 is 6.13. The molecule has 4 rings (SSSR count). The number of carbonyl (C=O) groups excluding carboxylic acids is 1. The number of halogens is 1. The van der Waals surface area contributed by atoms with E-state index in [0.717, 1.165) is 33.7 Å². The fraction of sp³-hybridized carbons (Fsp3) is 0.0909. The Hall–Kier alpha value is -3.31. The lowest BCUT2D eigenvalue weighted by atomic mass is 10.1. The highest BCUT2D eigenvalue weighted by atomic mass is 35.5. The van der Waals surface area contributed by atoms with Crippen molar-refractivity contribution in [1.29, 1.82) is 0 Å². The third kappa shape index (κ3) is 3.44. The van der Waals surface area contributed by atoms with Crippen molar-refractivity contribution in [2.45, 2.75) is 6.92 Å². The Bertz CT molecular complexity index is 1150. The predicted octanol–water partition coefficient (Wildman–Crippen LogP) is 5.45. The summed E-state index contributed by atoms with van der Waals surface area (Å²) in [6.45, 7) is 1.94. The number of H-pyrrole nitrogens is 1. The molecule has 1 amide bonds. The Morgan fingerprint density at radius 2 is 1.93 bits per heavy atom. The first-order valence-electron chi connectivity index (χ1n) is 8.76. The van der Waals surface area contributed by atoms with Crippen LogP contribution in [0.2, 0.25) is 5.02 Å². The highest BCUT2D eigenvalue weighted by molar-refractivity contribution is 6.32. The van der Waals surface area contributed by atoms with E-state index in [-0.39, 0.29) is 5.91 Å². The van der Waals surface area contributed by atoms with Crippen LogP contribution in [0.1, 0.15) is 15.9 Å². The second-order valence-corrected chi connectivity index (χ2v) is 6.84. The summed E-state index contributed by atoms with van der Waals surface area (Å²) in [5.41, 5.74) is 4.89. The number of amides is 1. The van der Waals surface area contributed by atoms with Crippen LogP contribution in [0.4, 0.5) is 5.69 Å². The minimum Gasteiger partial charge on any atom is -0.495 e. The molecule has 5 nitrogen and oxygen atoms in total. The van der Waals surface area contributed by atoms with Crippen LogP contribution in [0.25, 0.3) is 22.4 Å². The van der Waals surface area contributed by atoms with Crippen molar-refractivity contribution < 1.29 is 9.53 Å². The van der Waals surface area contributed by atoms with Gasteiger partial charge in [0.15, 0.2) is 0 Å². The van der Waals surface area contributed by atoms with E-state index in [1.54, 1.807) is 18.2 Å². The molecule has 0 fully saturated rings. The molecule has 0 bridgehead atoms. The number of imidazole rings is 1. The molecule has 0 aliphatic heterocycles. The van der Waals surface area contributed by atoms with Crippen LogP contribution >= 0.6 is 11.6 Å². The largest absolute Gasteiger partial charge is 0.495 e. The average Bonchev–Trinajstić information content (AvgIpc) is 3.13. The molecule has 2 N–H and O–H groups in total. The lowest BCUT2D eigenvalue weighted by Gasteiger charge is -2.11. The Balaban J connectivity index is 1.63. The SMILES string of the molecule is COc1ccc(C(=O)Nc2cc(-c3nc4ccccc4[nH]3)ccc2C)cc1Cl. The van der Waals surface area contributed by atoms with Gasteiger partial charge < -0.3 is 15.0 Å². The molecule has 28 heavy (non-hydrogen) atoms. The lowest BCUT2D eigenvalue weighted by Crippen LogP contribution is -2.13. The first-order chi connectivity index (χ1) is 13.5. The van der Waals surface area contributed by atoms with Crippen LogP contribution < -0.4 is 10.1 Å². The van der Waals surface area contributed by atoms with Crippen molar-refractivity contribution in [3.05, 3.63) is 76.8 Å². The molecule has 0 radical (unpaired) electrons. The summed E-state index contributed by atoms with van der Waals surface area (Å²) in [5.74, 6) is 1.04. The van der Waals surface area contributed by atoms with Crippen molar-refractivity contribution in [2.75, 3.05) is 12.4 Å². The van der Waals surface area contributed by atoms with E-state index in [4.69, 9.17) is 16.3 Å². The number of hydrogen-bond donors (Lipinski definition) is 2. The van der Waals surface area contributed by atoms with E-state index in [1.165, 1.54) is 7.11 Å². The molecular weight excluding hydrogens is 374 g/mol. The molecular formula is C22H18ClN3O2. The van der Waals surface area contributed by atoms with E-state index >= 15 is 0 Å². The van der Waals surface area contributed by atoms with E-state index < -0.39 is 0 Å². The number of para-hydroxylation sites is 2. The van der Waals surface area contributed by atoms with Crippen LogP contribution in [0.3, 0.4) is 0 Å². The Kier molecular flexibility index (Phi) is 4.75. The normalized spacial score (nSPS) is 10.8. The molecule has 0 saturated heterocycles. The third-order valence-corrected chi connectivity index (χ3v) is 4.86. The van der Waals surface area contributed by atoms with Gasteiger partial charge in [0, 0.05) is 16.8 Å². The first-order valence-corrected chi connectivity index (χ1v) is 9.13. The van der Waals surface area contributed by atoms with Gasteiger partial charge in [-0.3, -0.25) is 4.79 Å². The van der Waals surface area contributed by atoms with Gasteiger partial charge in [0.25, 0.3) is 5.91 Å². The lowest BCUT2D eigenvalue weighted by molar-refractivity contribution is 0.102. The molecule has 0 unspecified atom stereocenters. The number of ether oxygens (including phenoxy) is 1. The average molecular weight is 392 g/mol. The van der Waals surface area contributed by atoms with Gasteiger partial charge in [-0.15, -0.1) is 0 Å². The maximum absolute atomic E-state index is 12.7. The Labute approximate surface area is 167 Å². The molecule has 0 aliphatic carbocycles. The maximum atomic E-state index is 12.7. The number of methoxy groups -OCH3 is 1. The Morgan fingerprint density at radius 1 is 1.11 bits per heavy atom. The minimum atomic E-state index is -0.241. The predicted molar refractivity (Wildman–Crippen MR) is 112 cm³/mol. The zero-order valence-electron chi connectivity index (χ0n) is 15.4. The zero-order valence-corrected chi connectivity index (χ0v) is 16.2. The first kappa shape index (κ1) is 18.1. The minimum absolute atomic E-state index is 0.241. The number of aromatic amines is 1. The summed E-state index contributed by atoms with van der Waals surface area (Å²) in [5, 5.41) is 3.35. The van der Waals surface area contributed by atoms with E-state index in [1.807, 2.05) is 49.4 Å². The number of benzene rings is 3. The van der Waals surface area contributed by atoms with Crippen LogP contribution in [0, 0.1) is 6.92 Å². The fourth-order valence-corrected chi connectivity index (χ4v) is 3.25. The number of rotatable bonds is 4. The molecule has 0 aliphatic rings. The summed E-state index contributed by atoms with van der Waals surface area (Å²) in [7, 11) is 1.54. The van der Waals surface area contributed by atoms with Gasteiger partial charge in [-0.1, -0.05) is 35.9 Å². The number of nitrogens with zero attached hydrogens (tertiary/aromatic N) is 1. The second-order valence-electron chi connectivity index (χ2n) is 6.44. The zero-order chi connectivity index (χ0) is 19.7. The van der Waals surface area contributed by atoms with Crippen molar-refractivity contribution >= 4 is 34.2 Å². The molecule has 4 aromatic rings. The molecule has 3 aromatic carbocycles. The molecule has 140 valence electrons. The van der Waals surface area contributed by atoms with Crippen LogP contribution in [-0.2, 0) is 0 Å². The van der Waals surface area contributed by atoms with Crippen LogP contribution in [0.5, 0.6) is 5.75 Å². The summed E-state index contributed by atoms with van der Waals surface area (Å²) < 4.78 is 5.13. The van der Waals surface area contributed by atoms with Crippen molar-refractivity contribution in [2.24, 2.45) is 0 Å². The highest BCUT2D eigenvalue weighted by Gasteiger charge is 2.12. The summed E-state index contributed by atoms with van der Waals surface area (Å²) in [4.78, 5) is 20.6. The van der Waals surface area contributed by atoms with Crippen LogP contribution in [-0.4, -0.2) is 23.0 Å². The maximum Gasteiger partial charge on any atom is 0.255 e. The Morgan fingerprint density at radius 3 is 2.68 bits per heavy atom. The van der Waals surface area contributed by atoms with Crippen molar-refractivity contribution in [3.8, 4) is 17.1 Å². The fourth-order valence-electron chi connectivity index (χ4n) is 3.00. The summed E-state index contributed by atoms with van der Waals surface area (Å²) in [6.07, 6.45) is 0. The number of aromatic nitrogens is 2. The van der Waals surface area contributed by atoms with Gasteiger partial charge >= 0.3 is 0 Å². The smallest absolute Gasteiger partial charge is 0.255 e. The third-order valence-electron chi connectivity index (χ3n) is 4.56. The van der Waals surface area contributed by atoms with E-state index in [2.05, 4.69) is 15.3 Å². The molecule has 1 aromatic heterocycles. The quantitative estimate of drug-likeness (QED) is 0.486. The van der Waals surface area contributed by atoms with E-state index in [9.17, 15) is 4.79 Å². The number of aryl methyl sites for hydroxylation is 1. The molecule has 6 heteroatoms. The standard InChI is InChI=1S/C22H18ClN3O2/c1-13-7-8-14(21-24-17-5-3-4-6-18(17)25-21)12-19(13)26-22(27)15-9-10-20(28-2)16(23)11-15/h3-12H,1-2H3,(H,24,25)(H,26,27). The molecule has 0 saturated carbocycles. The van der Waals surface area contributed by atoms with E-state index in [0.29, 0.717) is 16.3 Å². The summed E-state index contributed by atoms with van der Waals surface area (Å²) in [6, 6.07) is 18.7. The number of nitrogens with one attached hydrogen (secondary N) is 2. The van der Waals surface area contributed by atoms with Crippen molar-refractivity contribution in [3.63, 3.8) is 0 Å². The molecule has 0 spiro atoms. The molecule has 1 heterocycles. The topological polar surface area (TPSA) is 67.0 Å². The van der Waals surface area contributed by atoms with Gasteiger partial charge in [0.1, 0.15) is 11.6 Å². The van der Waals surface area contributed by atoms with Gasteiger partial charge in [-0.2, -0.15) is 0 Å².